The summed E-state index contributed by atoms with van der Waals surface area (Å²) in [5.41, 5.74) is 2.22. The van der Waals surface area contributed by atoms with Crippen LogP contribution in [-0.4, -0.2) is 119 Å². The maximum atomic E-state index is 14.1. The van der Waals surface area contributed by atoms with E-state index in [4.69, 9.17) is 47.1 Å². The summed E-state index contributed by atoms with van der Waals surface area (Å²) >= 11 is 0. The van der Waals surface area contributed by atoms with E-state index in [0.717, 1.165) is 49.8 Å². The van der Waals surface area contributed by atoms with Crippen LogP contribution in [0.5, 0.6) is 0 Å². The fourth-order valence-corrected chi connectivity index (χ4v) is 11.9. The number of hydrogen-bond donors (Lipinski definition) is 0. The van der Waals surface area contributed by atoms with Crippen molar-refractivity contribution in [2.24, 2.45) is 0 Å². The van der Waals surface area contributed by atoms with E-state index in [1.165, 1.54) is 0 Å². The van der Waals surface area contributed by atoms with Gasteiger partial charge in [-0.25, -0.2) is 0 Å². The van der Waals surface area contributed by atoms with Crippen LogP contribution in [0.1, 0.15) is 103 Å². The summed E-state index contributed by atoms with van der Waals surface area (Å²) in [6.45, 7) is 13.5. The molecule has 11 nitrogen and oxygen atoms in total. The molecule has 0 amide bonds. The Morgan fingerprint density at radius 2 is 1.16 bits per heavy atom. The van der Waals surface area contributed by atoms with Crippen molar-refractivity contribution in [3.63, 3.8) is 0 Å². The Bertz CT molecular complexity index is 1720. The topological polar surface area (TPSA) is 109 Å². The van der Waals surface area contributed by atoms with Gasteiger partial charge in [0.25, 0.3) is 0 Å². The van der Waals surface area contributed by atoms with Gasteiger partial charge in [-0.3, -0.25) is 4.79 Å². The second kappa shape index (κ2) is 19.2. The highest BCUT2D eigenvalue weighted by molar-refractivity contribution is 6.74. The highest BCUT2D eigenvalue weighted by atomic mass is 28.4. The average Bonchev–Trinajstić information content (AvgIpc) is 3.51. The van der Waals surface area contributed by atoms with Crippen LogP contribution in [-0.2, 0) is 65.1 Å². The van der Waals surface area contributed by atoms with Crippen molar-refractivity contribution in [3.05, 3.63) is 71.8 Å². The fraction of sp³-hybridized carbons (Fsp3) is 0.735. The molecular weight excluding hydrogens is 793 g/mol. The number of carbonyl (C=O) groups excluding carboxylic acids is 1. The van der Waals surface area contributed by atoms with Gasteiger partial charge < -0.3 is 47.1 Å². The Labute approximate surface area is 364 Å². The van der Waals surface area contributed by atoms with Gasteiger partial charge in [-0.2, -0.15) is 0 Å². The SMILES string of the molecule is CC(C)(C)[Si](C)(C)O[C@@H]1C[C@@H]2O[C@H](COCc3ccccc3)[C@@H](OCc3ccccc3)C[C@H]2O[C@H]1C[C@H]1O[C@H]2C[C@H]3O[C@H]4C[C@H]5OCCC[C@@H]5O[C@@H]4CC[C@@H]3O[C@@H]2CCC1=O. The van der Waals surface area contributed by atoms with E-state index in [1.54, 1.807) is 0 Å². The Hall–Kier alpha value is -2.07. The molecule has 7 aliphatic heterocycles. The molecule has 0 N–H and O–H groups in total. The number of benzene rings is 2. The van der Waals surface area contributed by atoms with Gasteiger partial charge in [0.15, 0.2) is 14.1 Å². The van der Waals surface area contributed by atoms with Crippen molar-refractivity contribution < 1.29 is 51.9 Å². The van der Waals surface area contributed by atoms with Gasteiger partial charge in [-0.15, -0.1) is 0 Å². The molecule has 7 saturated heterocycles. The normalized spacial score (nSPS) is 39.4. The zero-order valence-electron chi connectivity index (χ0n) is 37.0. The molecule has 12 heteroatoms. The van der Waals surface area contributed by atoms with Crippen molar-refractivity contribution in [2.75, 3.05) is 13.2 Å². The number of rotatable bonds is 11. The largest absolute Gasteiger partial charge is 0.411 e. The molecular formula is C49H70O11Si. The molecule has 7 heterocycles. The third-order valence-corrected chi connectivity index (χ3v) is 19.5. The Morgan fingerprint density at radius 1 is 0.607 bits per heavy atom. The fourth-order valence-electron chi connectivity index (χ4n) is 10.5. The van der Waals surface area contributed by atoms with Gasteiger partial charge in [0.1, 0.15) is 12.2 Å². The van der Waals surface area contributed by atoms with Gasteiger partial charge in [-0.05, 0) is 61.4 Å². The zero-order valence-corrected chi connectivity index (χ0v) is 38.0. The van der Waals surface area contributed by atoms with E-state index in [0.29, 0.717) is 58.3 Å². The van der Waals surface area contributed by atoms with E-state index < -0.39 is 14.4 Å². The molecule has 0 spiro atoms. The molecule has 2 aromatic carbocycles. The lowest BCUT2D eigenvalue weighted by Gasteiger charge is -2.50. The minimum Gasteiger partial charge on any atom is -0.411 e. The molecule has 15 atom stereocenters. The van der Waals surface area contributed by atoms with Crippen molar-refractivity contribution >= 4 is 14.1 Å². The summed E-state index contributed by atoms with van der Waals surface area (Å²) in [6, 6.07) is 20.5. The van der Waals surface area contributed by atoms with Crippen molar-refractivity contribution in [2.45, 2.75) is 214 Å². The standard InChI is InChI=1S/C49H70O11Si/c1-49(2,3)61(4,5)60-47-27-45-44(25-40(53-29-32-15-10-7-11-16-32)48(59-45)30-51-28-31-13-8-6-9-14-31)58-46(47)23-38-33(50)18-19-35-42(56-38)26-43-37(55-35)21-20-36-41(57-43)24-39-34(54-36)17-12-22-52-39/h6-11,13-16,34-48H,12,17-30H2,1-5H3/t34-,35+,36+,37-,38+,39+,40-,41-,42-,43+,44+,45-,46-,47+,48+/m0/s1. The first-order valence-electron chi connectivity index (χ1n) is 23.5. The molecule has 0 radical (unpaired) electrons. The van der Waals surface area contributed by atoms with E-state index in [9.17, 15) is 4.79 Å². The van der Waals surface area contributed by atoms with Crippen LogP contribution in [0, 0.1) is 0 Å². The summed E-state index contributed by atoms with van der Waals surface area (Å²) in [7, 11) is -2.27. The van der Waals surface area contributed by atoms with Gasteiger partial charge in [0, 0.05) is 45.1 Å². The smallest absolute Gasteiger partial charge is 0.192 e. The van der Waals surface area contributed by atoms with Crippen LogP contribution in [0.3, 0.4) is 0 Å². The molecule has 7 aliphatic rings. The van der Waals surface area contributed by atoms with Gasteiger partial charge >= 0.3 is 0 Å². The quantitative estimate of drug-likeness (QED) is 0.205. The first-order chi connectivity index (χ1) is 29.5. The molecule has 0 aliphatic carbocycles. The second-order valence-electron chi connectivity index (χ2n) is 20.3. The Balaban J connectivity index is 0.902. The lowest BCUT2D eigenvalue weighted by Crippen LogP contribution is -2.60. The van der Waals surface area contributed by atoms with Crippen LogP contribution in [0.4, 0.5) is 0 Å². The van der Waals surface area contributed by atoms with Gasteiger partial charge in [-0.1, -0.05) is 81.4 Å². The van der Waals surface area contributed by atoms with E-state index >= 15 is 0 Å². The third-order valence-electron chi connectivity index (χ3n) is 15.0. The lowest BCUT2D eigenvalue weighted by atomic mass is 9.88. The van der Waals surface area contributed by atoms with E-state index in [1.807, 2.05) is 36.4 Å². The summed E-state index contributed by atoms with van der Waals surface area (Å²) in [6.07, 6.45) is 5.73. The predicted molar refractivity (Wildman–Crippen MR) is 231 cm³/mol. The molecule has 0 saturated carbocycles. The third kappa shape index (κ3) is 10.4. The monoisotopic (exact) mass is 862 g/mol. The highest BCUT2D eigenvalue weighted by Crippen LogP contribution is 2.44. The maximum Gasteiger partial charge on any atom is 0.192 e. The first kappa shape index (κ1) is 44.1. The van der Waals surface area contributed by atoms with Crippen LogP contribution in [0.2, 0.25) is 18.1 Å². The molecule has 2 aromatic rings. The summed E-state index contributed by atoms with van der Waals surface area (Å²) in [4.78, 5) is 14.1. The predicted octanol–water partition coefficient (Wildman–Crippen LogP) is 8.04. The molecule has 0 unspecified atom stereocenters. The summed E-state index contributed by atoms with van der Waals surface area (Å²) in [5, 5.41) is -0.0189. The van der Waals surface area contributed by atoms with Gasteiger partial charge in [0.2, 0.25) is 0 Å². The Morgan fingerprint density at radius 3 is 1.85 bits per heavy atom. The minimum absolute atomic E-state index is 0.0189. The summed E-state index contributed by atoms with van der Waals surface area (Å²) in [5.74, 6) is 0.108. The Kier molecular flexibility index (Phi) is 13.9. The van der Waals surface area contributed by atoms with E-state index in [2.05, 4.69) is 58.1 Å². The highest BCUT2D eigenvalue weighted by Gasteiger charge is 2.53. The molecule has 7 fully saturated rings. The first-order valence-corrected chi connectivity index (χ1v) is 26.4. The number of hydrogen-bond acceptors (Lipinski definition) is 11. The second-order valence-corrected chi connectivity index (χ2v) is 25.0. The van der Waals surface area contributed by atoms with Crippen LogP contribution in [0.25, 0.3) is 0 Å². The molecule has 61 heavy (non-hydrogen) atoms. The number of Topliss-reactive ketones (excluding diaryl/α,β-unsaturated/α-hetero) is 1. The maximum absolute atomic E-state index is 14.1. The van der Waals surface area contributed by atoms with Crippen molar-refractivity contribution in [3.8, 4) is 0 Å². The van der Waals surface area contributed by atoms with Crippen LogP contribution in [0.15, 0.2) is 60.7 Å². The van der Waals surface area contributed by atoms with Gasteiger partial charge in [0.05, 0.1) is 99.2 Å². The van der Waals surface area contributed by atoms with Crippen LogP contribution >= 0.6 is 0 Å². The number of fused-ring (bicyclic) bond motifs is 5. The molecule has 0 aromatic heterocycles. The van der Waals surface area contributed by atoms with E-state index in [-0.39, 0.29) is 96.3 Å². The molecule has 0 bridgehead atoms. The minimum atomic E-state index is -2.27. The zero-order chi connectivity index (χ0) is 42.1. The number of ether oxygens (including phenoxy) is 9. The van der Waals surface area contributed by atoms with Crippen LogP contribution < -0.4 is 0 Å². The lowest BCUT2D eigenvalue weighted by molar-refractivity contribution is -0.262. The number of carbonyl (C=O) groups is 1. The van der Waals surface area contributed by atoms with Crippen molar-refractivity contribution in [1.82, 2.24) is 0 Å². The number of ketones is 1. The summed E-state index contributed by atoms with van der Waals surface area (Å²) < 4.78 is 67.6. The van der Waals surface area contributed by atoms with Crippen molar-refractivity contribution in [1.29, 1.82) is 0 Å². The average molecular weight is 863 g/mol. The molecule has 336 valence electrons. The molecule has 9 rings (SSSR count).